The van der Waals surface area contributed by atoms with Crippen molar-refractivity contribution in [2.24, 2.45) is 0 Å². The number of aromatic nitrogens is 4. The van der Waals surface area contributed by atoms with Crippen molar-refractivity contribution in [3.05, 3.63) is 136 Å². The maximum atomic E-state index is 13.0. The second-order valence-corrected chi connectivity index (χ2v) is 14.8. The molecule has 0 fully saturated rings. The number of hydrogen-bond acceptors (Lipinski definition) is 15. The second-order valence-electron chi connectivity index (χ2n) is 14.1. The van der Waals surface area contributed by atoms with E-state index in [9.17, 15) is 28.5 Å². The minimum Gasteiger partial charge on any atom is -0.508 e. The van der Waals surface area contributed by atoms with Crippen LogP contribution >= 0.6 is 23.2 Å². The molecule has 0 unspecified atom stereocenters. The van der Waals surface area contributed by atoms with Gasteiger partial charge in [0.1, 0.15) is 33.7 Å². The van der Waals surface area contributed by atoms with E-state index in [1.54, 1.807) is 77.1 Å². The number of halogens is 5. The molecular formula is C48H47Cl2F3N4O11. The SMILES string of the molecule is COC(OC)c1cc2cc(O)ccc2nc1Cl.COC(OC)c1cnc2ccc(O)c(C(F)(F)F)c2c1.COC(OC)c1cnc2ccc(O)cc2c1.COc1ccc2nc(Cl)c(OC)cc2c1. The zero-order chi connectivity index (χ0) is 49.7. The Morgan fingerprint density at radius 1 is 0.500 bits per heavy atom. The summed E-state index contributed by atoms with van der Waals surface area (Å²) < 4.78 is 79.8. The van der Waals surface area contributed by atoms with Crippen LogP contribution in [0.1, 0.15) is 41.1 Å². The van der Waals surface area contributed by atoms with Crippen LogP contribution in [0.5, 0.6) is 28.7 Å². The predicted octanol–water partition coefficient (Wildman–Crippen LogP) is 11.3. The molecular weight excluding hydrogens is 936 g/mol. The van der Waals surface area contributed by atoms with Crippen LogP contribution in [-0.4, -0.2) is 92.1 Å². The third kappa shape index (κ3) is 13.0. The fourth-order valence-corrected chi connectivity index (χ4v) is 7.14. The minimum atomic E-state index is -4.68. The summed E-state index contributed by atoms with van der Waals surface area (Å²) in [5, 5.41) is 31.4. The van der Waals surface area contributed by atoms with Gasteiger partial charge in [0.25, 0.3) is 0 Å². The summed E-state index contributed by atoms with van der Waals surface area (Å²) in [5.41, 5.74) is 3.16. The average molecular weight is 984 g/mol. The van der Waals surface area contributed by atoms with Crippen molar-refractivity contribution in [3.63, 3.8) is 0 Å². The summed E-state index contributed by atoms with van der Waals surface area (Å²) in [6.07, 6.45) is -3.43. The first-order chi connectivity index (χ1) is 32.5. The lowest BCUT2D eigenvalue weighted by molar-refractivity contribution is -0.137. The number of phenols is 3. The minimum absolute atomic E-state index is 0.129. The summed E-state index contributed by atoms with van der Waals surface area (Å²) in [6, 6.07) is 24.6. The zero-order valence-electron chi connectivity index (χ0n) is 37.8. The van der Waals surface area contributed by atoms with Crippen molar-refractivity contribution in [3.8, 4) is 28.7 Å². The quantitative estimate of drug-likeness (QED) is 0.0820. The summed E-state index contributed by atoms with van der Waals surface area (Å²) in [6.45, 7) is 0. The van der Waals surface area contributed by atoms with E-state index < -0.39 is 36.4 Å². The summed E-state index contributed by atoms with van der Waals surface area (Å²) in [4.78, 5) is 16.6. The Morgan fingerprint density at radius 3 is 1.53 bits per heavy atom. The Bertz CT molecular complexity index is 2960. The molecule has 0 saturated carbocycles. The van der Waals surface area contributed by atoms with Crippen LogP contribution in [0.4, 0.5) is 13.2 Å². The Balaban J connectivity index is 0.000000170. The van der Waals surface area contributed by atoms with Gasteiger partial charge in [-0.1, -0.05) is 23.2 Å². The molecule has 0 saturated heterocycles. The number of hydrogen-bond donors (Lipinski definition) is 3. The fraction of sp³-hybridized carbons (Fsp3) is 0.250. The highest BCUT2D eigenvalue weighted by Gasteiger charge is 2.36. The number of pyridine rings is 4. The molecule has 68 heavy (non-hydrogen) atoms. The Morgan fingerprint density at radius 2 is 0.985 bits per heavy atom. The number of alkyl halides is 3. The van der Waals surface area contributed by atoms with Crippen LogP contribution in [-0.2, 0) is 34.6 Å². The van der Waals surface area contributed by atoms with Crippen molar-refractivity contribution in [2.45, 2.75) is 25.0 Å². The number of methoxy groups -OCH3 is 8. The molecule has 0 amide bonds. The van der Waals surface area contributed by atoms with Crippen LogP contribution in [0.3, 0.4) is 0 Å². The lowest BCUT2D eigenvalue weighted by atomic mass is 10.0. The number of phenolic OH excluding ortho intramolecular Hbond substituents is 3. The lowest BCUT2D eigenvalue weighted by Crippen LogP contribution is -2.08. The molecule has 4 heterocycles. The van der Waals surface area contributed by atoms with Gasteiger partial charge in [0.15, 0.2) is 29.8 Å². The topological polar surface area (TPSA) is 186 Å². The van der Waals surface area contributed by atoms with Crippen LogP contribution in [0.15, 0.2) is 103 Å². The van der Waals surface area contributed by atoms with E-state index in [1.807, 2.05) is 30.3 Å². The maximum absolute atomic E-state index is 13.0. The van der Waals surface area contributed by atoms with Crippen molar-refractivity contribution in [2.75, 3.05) is 56.9 Å². The van der Waals surface area contributed by atoms with Gasteiger partial charge in [-0.05, 0) is 91.0 Å². The van der Waals surface area contributed by atoms with Gasteiger partial charge in [-0.25, -0.2) is 9.97 Å². The molecule has 0 bridgehead atoms. The van der Waals surface area contributed by atoms with Gasteiger partial charge >= 0.3 is 6.18 Å². The van der Waals surface area contributed by atoms with E-state index in [0.717, 1.165) is 44.6 Å². The number of rotatable bonds is 11. The Kier molecular flexibility index (Phi) is 18.6. The lowest BCUT2D eigenvalue weighted by Gasteiger charge is -2.16. The molecule has 4 aromatic carbocycles. The van der Waals surface area contributed by atoms with Gasteiger partial charge < -0.3 is 53.2 Å². The molecule has 8 rings (SSSR count). The van der Waals surface area contributed by atoms with Gasteiger partial charge in [-0.3, -0.25) is 9.97 Å². The molecule has 4 aromatic heterocycles. The van der Waals surface area contributed by atoms with Crippen molar-refractivity contribution in [1.29, 1.82) is 0 Å². The molecule has 20 heteroatoms. The van der Waals surface area contributed by atoms with Gasteiger partial charge in [-0.15, -0.1) is 0 Å². The smallest absolute Gasteiger partial charge is 0.420 e. The third-order valence-corrected chi connectivity index (χ3v) is 10.4. The normalized spacial score (nSPS) is 11.4. The van der Waals surface area contributed by atoms with E-state index in [2.05, 4.69) is 19.9 Å². The molecule has 0 aliphatic heterocycles. The molecule has 0 atom stereocenters. The highest BCUT2D eigenvalue weighted by Crippen LogP contribution is 2.41. The monoisotopic (exact) mass is 982 g/mol. The first-order valence-corrected chi connectivity index (χ1v) is 20.7. The molecule has 0 spiro atoms. The van der Waals surface area contributed by atoms with Gasteiger partial charge in [0.05, 0.1) is 36.3 Å². The number of fused-ring (bicyclic) bond motifs is 4. The summed E-state index contributed by atoms with van der Waals surface area (Å²) in [7, 11) is 12.1. The third-order valence-electron chi connectivity index (χ3n) is 9.86. The predicted molar refractivity (Wildman–Crippen MR) is 250 cm³/mol. The molecule has 0 aliphatic rings. The number of nitrogens with zero attached hydrogens (tertiary/aromatic N) is 4. The second kappa shape index (κ2) is 24.1. The average Bonchev–Trinajstić information content (AvgIpc) is 3.32. The highest BCUT2D eigenvalue weighted by molar-refractivity contribution is 6.31. The summed E-state index contributed by atoms with van der Waals surface area (Å²) in [5.74, 6) is 0.915. The van der Waals surface area contributed by atoms with Crippen molar-refractivity contribution in [1.82, 2.24) is 19.9 Å². The van der Waals surface area contributed by atoms with E-state index in [1.165, 1.54) is 46.8 Å². The van der Waals surface area contributed by atoms with Gasteiger partial charge in [-0.2, -0.15) is 13.2 Å². The van der Waals surface area contributed by atoms with E-state index in [-0.39, 0.29) is 22.4 Å². The maximum Gasteiger partial charge on any atom is 0.420 e. The zero-order valence-corrected chi connectivity index (χ0v) is 39.3. The molecule has 0 aliphatic carbocycles. The standard InChI is InChI=1S/C13H12F3NO3.C12H12ClNO3.C12H13NO3.C11H10ClNO2/c1-19-12(20-2)7-5-8-9(17-6-7)3-4-10(18)11(8)13(14,15)16;1-16-12(17-2)9-6-7-5-8(15)3-4-10(7)14-11(9)13;1-15-12(16-2)9-5-8-6-10(14)3-4-11(8)13-7-9;1-14-8-3-4-9-7(5-8)6-10(15-2)11(12)13-9/h3-6,12,18H,1-2H3;3-6,12,15H,1-2H3;3-7,12,14H,1-2H3;3-6H,1-2H3. The first-order valence-electron chi connectivity index (χ1n) is 19.9. The summed E-state index contributed by atoms with van der Waals surface area (Å²) >= 11 is 12.0. The number of aromatic hydroxyl groups is 3. The molecule has 360 valence electrons. The molecule has 15 nitrogen and oxygen atoms in total. The number of benzene rings is 4. The van der Waals surface area contributed by atoms with Crippen LogP contribution in [0, 0.1) is 0 Å². The van der Waals surface area contributed by atoms with Gasteiger partial charge in [0, 0.05) is 93.3 Å². The van der Waals surface area contributed by atoms with Crippen LogP contribution in [0.25, 0.3) is 43.6 Å². The highest BCUT2D eigenvalue weighted by atomic mass is 35.5. The molecule has 8 aromatic rings. The van der Waals surface area contributed by atoms with E-state index >= 15 is 0 Å². The molecule has 3 N–H and O–H groups in total. The number of ether oxygens (including phenoxy) is 8. The largest absolute Gasteiger partial charge is 0.508 e. The first kappa shape index (κ1) is 52.6. The van der Waals surface area contributed by atoms with Gasteiger partial charge in [0.2, 0.25) is 0 Å². The fourth-order valence-electron chi connectivity index (χ4n) is 6.69. The molecule has 0 radical (unpaired) electrons. The van der Waals surface area contributed by atoms with Crippen molar-refractivity contribution >= 4 is 66.8 Å². The Labute approximate surface area is 398 Å². The Hall–Kier alpha value is -6.35. The van der Waals surface area contributed by atoms with E-state index in [0.29, 0.717) is 32.7 Å². The van der Waals surface area contributed by atoms with Crippen LogP contribution < -0.4 is 9.47 Å². The van der Waals surface area contributed by atoms with Crippen molar-refractivity contribution < 1.29 is 66.4 Å². The van der Waals surface area contributed by atoms with E-state index in [4.69, 9.17) is 61.1 Å². The van der Waals surface area contributed by atoms with Crippen LogP contribution in [0.2, 0.25) is 10.3 Å².